The number of methoxy groups -OCH3 is 2. The minimum atomic E-state index is -3.36. The van der Waals surface area contributed by atoms with Gasteiger partial charge in [0.15, 0.2) is 0 Å². The van der Waals surface area contributed by atoms with Crippen LogP contribution in [0.25, 0.3) is 20.8 Å². The van der Waals surface area contributed by atoms with E-state index in [1.54, 1.807) is 24.6 Å². The minimum Gasteiger partial charge on any atom is -0.469 e. The number of esters is 1. The topological polar surface area (TPSA) is 132 Å². The number of nitrogens with zero attached hydrogens (tertiary/aromatic N) is 3. The van der Waals surface area contributed by atoms with Crippen LogP contribution >= 0.6 is 11.3 Å². The number of hydrogen-bond acceptors (Lipinski definition) is 10. The zero-order chi connectivity index (χ0) is 32.5. The first kappa shape index (κ1) is 31.8. The maximum Gasteiger partial charge on any atom is 0.309 e. The van der Waals surface area contributed by atoms with Crippen molar-refractivity contribution in [3.05, 3.63) is 91.1 Å². The van der Waals surface area contributed by atoms with Crippen LogP contribution in [0.5, 0.6) is 0 Å². The zero-order valence-electron chi connectivity index (χ0n) is 26.4. The Morgan fingerprint density at radius 1 is 1.00 bits per heavy atom. The molecule has 0 spiro atoms. The molecule has 0 amide bonds. The molecule has 4 atom stereocenters. The lowest BCUT2D eigenvalue weighted by molar-refractivity contribution is -0.147. The highest BCUT2D eigenvalue weighted by atomic mass is 32.1. The molecule has 1 saturated carbocycles. The number of anilines is 2. The van der Waals surface area contributed by atoms with Gasteiger partial charge in [-0.2, -0.15) is 4.98 Å². The van der Waals surface area contributed by atoms with Crippen LogP contribution in [0.15, 0.2) is 91.1 Å². The van der Waals surface area contributed by atoms with Crippen LogP contribution in [0.3, 0.4) is 0 Å². The molecule has 0 radical (unpaired) electrons. The average molecular weight is 654 g/mol. The van der Waals surface area contributed by atoms with Crippen molar-refractivity contribution < 1.29 is 19.1 Å². The van der Waals surface area contributed by atoms with E-state index < -0.39 is 25.4 Å². The largest absolute Gasteiger partial charge is 0.469 e. The summed E-state index contributed by atoms with van der Waals surface area (Å²) in [5.74, 6) is -0.377. The number of nitrogens with one attached hydrogen (secondary N) is 1. The summed E-state index contributed by atoms with van der Waals surface area (Å²) in [5, 5.41) is 5.56. The van der Waals surface area contributed by atoms with Crippen molar-refractivity contribution in [1.29, 1.82) is 0 Å². The monoisotopic (exact) mass is 653 g/mol. The molecule has 11 heteroatoms. The summed E-state index contributed by atoms with van der Waals surface area (Å²) in [6.45, 7) is 4.22. The molecule has 9 nitrogen and oxygen atoms in total. The molecule has 1 aliphatic rings. The van der Waals surface area contributed by atoms with E-state index in [2.05, 4.69) is 29.1 Å². The summed E-state index contributed by atoms with van der Waals surface area (Å²) in [6.07, 6.45) is 2.26. The number of carbonyl (C=O) groups excluding carboxylic acids is 1. The molecule has 3 aromatic carbocycles. The molecule has 0 bridgehead atoms. The number of ether oxygens (including phenoxy) is 2. The first-order valence-corrected chi connectivity index (χ1v) is 18.1. The standard InChI is InChI=1S/C35H39N5O4SSi/c1-35(2,46(42,22-13-7-5-8-14-22)23-15-9-6-10-16-23)20-25-24(33(41)44-4)19-28(30(25)43-3)38-31-26(21-37-34(36)40-31)32-39-27-17-11-12-18-29(27)45-32/h5-18,21,24-25,28,30,42H,19-20H2,1-4H3,(H3,36,37,38,40)/t24-,25+,28+,30+/m0/s1. The SMILES string of the molecule is COC(=O)[C@H]1C[C@@H](Nc2nc(N)ncc2-c2nc3ccccc3s2)[C@H](OC)[C@@H]1CC(C)(C)[Si](O)(c1ccccc1)c1ccccc1. The molecule has 2 heterocycles. The van der Waals surface area contributed by atoms with E-state index in [0.717, 1.165) is 31.2 Å². The van der Waals surface area contributed by atoms with E-state index in [9.17, 15) is 9.59 Å². The first-order chi connectivity index (χ1) is 22.2. The highest BCUT2D eigenvalue weighted by molar-refractivity contribution is 7.21. The molecular formula is C35H39N5O4SSi. The Labute approximate surface area is 274 Å². The summed E-state index contributed by atoms with van der Waals surface area (Å²) in [5.41, 5.74) is 7.69. The summed E-state index contributed by atoms with van der Waals surface area (Å²) < 4.78 is 12.6. The van der Waals surface area contributed by atoms with Gasteiger partial charge in [0.05, 0.1) is 41.0 Å². The number of carbonyl (C=O) groups is 1. The van der Waals surface area contributed by atoms with Gasteiger partial charge in [-0.3, -0.25) is 4.79 Å². The molecule has 238 valence electrons. The van der Waals surface area contributed by atoms with E-state index in [1.165, 1.54) is 7.11 Å². The Balaban J connectivity index is 1.37. The van der Waals surface area contributed by atoms with Gasteiger partial charge in [-0.1, -0.05) is 86.6 Å². The van der Waals surface area contributed by atoms with Gasteiger partial charge in [0.1, 0.15) is 10.8 Å². The van der Waals surface area contributed by atoms with E-state index in [0.29, 0.717) is 18.7 Å². The van der Waals surface area contributed by atoms with Gasteiger partial charge in [0.2, 0.25) is 5.95 Å². The Morgan fingerprint density at radius 2 is 1.63 bits per heavy atom. The fraction of sp³-hybridized carbons (Fsp3) is 0.314. The van der Waals surface area contributed by atoms with E-state index >= 15 is 0 Å². The number of rotatable bonds is 10. The van der Waals surface area contributed by atoms with Crippen molar-refractivity contribution in [3.8, 4) is 10.6 Å². The fourth-order valence-corrected chi connectivity index (χ4v) is 11.9. The van der Waals surface area contributed by atoms with Crippen LogP contribution in [0.4, 0.5) is 11.8 Å². The van der Waals surface area contributed by atoms with Crippen LogP contribution in [-0.4, -0.2) is 60.4 Å². The molecule has 1 aliphatic carbocycles. The molecule has 0 aliphatic heterocycles. The normalized spacial score (nSPS) is 20.1. The molecule has 6 rings (SSSR count). The van der Waals surface area contributed by atoms with Crippen LogP contribution in [0.1, 0.15) is 26.7 Å². The number of para-hydroxylation sites is 1. The molecule has 4 N–H and O–H groups in total. The third-order valence-electron chi connectivity index (χ3n) is 9.38. The molecule has 1 fully saturated rings. The first-order valence-electron chi connectivity index (χ1n) is 15.4. The molecule has 0 unspecified atom stereocenters. The quantitative estimate of drug-likeness (QED) is 0.143. The number of nitrogens with two attached hydrogens (primary N) is 1. The minimum absolute atomic E-state index is 0.128. The summed E-state index contributed by atoms with van der Waals surface area (Å²) >= 11 is 1.55. The Bertz CT molecular complexity index is 1750. The van der Waals surface area contributed by atoms with Crippen LogP contribution in [-0.2, 0) is 14.3 Å². The lowest BCUT2D eigenvalue weighted by atomic mass is 9.86. The predicted octanol–water partition coefficient (Wildman–Crippen LogP) is 4.86. The molecule has 0 saturated heterocycles. The van der Waals surface area contributed by atoms with Gasteiger partial charge in [-0.25, -0.2) is 9.97 Å². The average Bonchev–Trinajstić information content (AvgIpc) is 3.65. The Morgan fingerprint density at radius 3 is 2.24 bits per heavy atom. The van der Waals surface area contributed by atoms with Crippen LogP contribution in [0, 0.1) is 11.8 Å². The summed E-state index contributed by atoms with van der Waals surface area (Å²) in [6, 6.07) is 27.5. The number of hydrogen-bond donors (Lipinski definition) is 3. The third kappa shape index (κ3) is 5.79. The van der Waals surface area contributed by atoms with E-state index in [1.807, 2.05) is 84.9 Å². The molecular weight excluding hydrogens is 615 g/mol. The van der Waals surface area contributed by atoms with Crippen molar-refractivity contribution in [2.24, 2.45) is 11.8 Å². The highest BCUT2D eigenvalue weighted by Gasteiger charge is 2.56. The lowest BCUT2D eigenvalue weighted by Gasteiger charge is -2.44. The number of nitrogen functional groups attached to an aromatic ring is 1. The molecule has 2 aromatic heterocycles. The third-order valence-corrected chi connectivity index (χ3v) is 15.0. The number of fused-ring (bicyclic) bond motifs is 1. The van der Waals surface area contributed by atoms with E-state index in [-0.39, 0.29) is 23.9 Å². The summed E-state index contributed by atoms with van der Waals surface area (Å²) in [7, 11) is -0.273. The zero-order valence-corrected chi connectivity index (χ0v) is 28.2. The number of thiazole rings is 1. The van der Waals surface area contributed by atoms with Crippen LogP contribution < -0.4 is 21.4 Å². The van der Waals surface area contributed by atoms with Crippen molar-refractivity contribution in [3.63, 3.8) is 0 Å². The van der Waals surface area contributed by atoms with Gasteiger partial charge in [-0.05, 0) is 40.4 Å². The second-order valence-corrected chi connectivity index (χ2v) is 17.4. The summed E-state index contributed by atoms with van der Waals surface area (Å²) in [4.78, 5) is 39.9. The fourth-order valence-electron chi connectivity index (χ4n) is 7.14. The predicted molar refractivity (Wildman–Crippen MR) is 186 cm³/mol. The van der Waals surface area contributed by atoms with Crippen molar-refractivity contribution in [2.75, 3.05) is 25.3 Å². The maximum atomic E-state index is 13.4. The smallest absolute Gasteiger partial charge is 0.309 e. The Kier molecular flexibility index (Phi) is 8.93. The van der Waals surface area contributed by atoms with Gasteiger partial charge in [0, 0.05) is 19.2 Å². The Hall–Kier alpha value is -4.16. The molecule has 46 heavy (non-hydrogen) atoms. The highest BCUT2D eigenvalue weighted by Crippen LogP contribution is 2.49. The second-order valence-electron chi connectivity index (χ2n) is 12.5. The number of benzene rings is 3. The maximum absolute atomic E-state index is 13.4. The van der Waals surface area contributed by atoms with Gasteiger partial charge in [-0.15, -0.1) is 11.3 Å². The number of aromatic nitrogens is 3. The molecule has 5 aromatic rings. The van der Waals surface area contributed by atoms with Gasteiger partial charge < -0.3 is 25.3 Å². The second kappa shape index (κ2) is 12.9. The van der Waals surface area contributed by atoms with E-state index in [4.69, 9.17) is 20.2 Å². The van der Waals surface area contributed by atoms with Crippen molar-refractivity contribution >= 4 is 58.0 Å². The van der Waals surface area contributed by atoms with Gasteiger partial charge >= 0.3 is 5.97 Å². The van der Waals surface area contributed by atoms with Crippen LogP contribution in [0.2, 0.25) is 5.04 Å². The lowest BCUT2D eigenvalue weighted by Crippen LogP contribution is -2.66. The van der Waals surface area contributed by atoms with Gasteiger partial charge in [0.25, 0.3) is 8.32 Å². The van der Waals surface area contributed by atoms with Crippen molar-refractivity contribution in [1.82, 2.24) is 15.0 Å². The van der Waals surface area contributed by atoms with Crippen molar-refractivity contribution in [2.45, 2.75) is 43.9 Å².